The van der Waals surface area contributed by atoms with E-state index >= 15 is 0 Å². The summed E-state index contributed by atoms with van der Waals surface area (Å²) in [4.78, 5) is 14.3. The van der Waals surface area contributed by atoms with Gasteiger partial charge in [0.1, 0.15) is 6.61 Å². The van der Waals surface area contributed by atoms with Gasteiger partial charge < -0.3 is 4.74 Å². The molecule has 20 heavy (non-hydrogen) atoms. The van der Waals surface area contributed by atoms with Gasteiger partial charge in [0.2, 0.25) is 12.0 Å². The fourth-order valence-corrected chi connectivity index (χ4v) is 2.30. The average Bonchev–Trinajstić information content (AvgIpc) is 3.20. The minimum absolute atomic E-state index is 0.365. The molecule has 1 aliphatic carbocycles. The Morgan fingerprint density at radius 1 is 1.45 bits per heavy atom. The molecule has 5 heteroatoms. The number of aryl methyl sites for hydroxylation is 1. The number of isocyanates is 1. The normalized spacial score (nSPS) is 13.8. The van der Waals surface area contributed by atoms with Crippen LogP contribution in [0.2, 0.25) is 0 Å². The van der Waals surface area contributed by atoms with Gasteiger partial charge in [-0.15, -0.1) is 5.10 Å². The molecule has 0 radical (unpaired) electrons. The smallest absolute Gasteiger partial charge is 0.240 e. The van der Waals surface area contributed by atoms with Crippen molar-refractivity contribution in [2.75, 3.05) is 0 Å². The van der Waals surface area contributed by atoms with Gasteiger partial charge in [0.15, 0.2) is 0 Å². The summed E-state index contributed by atoms with van der Waals surface area (Å²) in [6.45, 7) is 0.365. The van der Waals surface area contributed by atoms with Crippen LogP contribution < -0.4 is 4.74 Å². The van der Waals surface area contributed by atoms with E-state index < -0.39 is 0 Å². The van der Waals surface area contributed by atoms with Crippen LogP contribution in [0.15, 0.2) is 35.5 Å². The first-order valence-corrected chi connectivity index (χ1v) is 6.60. The first kappa shape index (κ1) is 12.6. The van der Waals surface area contributed by atoms with Gasteiger partial charge in [-0.2, -0.15) is 4.99 Å². The topological polar surface area (TPSA) is 56.5 Å². The van der Waals surface area contributed by atoms with E-state index in [0.717, 1.165) is 5.56 Å². The summed E-state index contributed by atoms with van der Waals surface area (Å²) in [5.41, 5.74) is 2.82. The Kier molecular flexibility index (Phi) is 3.35. The highest BCUT2D eigenvalue weighted by molar-refractivity contribution is 5.57. The highest BCUT2D eigenvalue weighted by atomic mass is 16.5. The Labute approximate surface area is 116 Å². The fourth-order valence-electron chi connectivity index (χ4n) is 2.30. The zero-order chi connectivity index (χ0) is 13.9. The molecule has 1 aliphatic rings. The molecule has 0 amide bonds. The van der Waals surface area contributed by atoms with E-state index in [1.54, 1.807) is 10.8 Å². The molecular formula is C15H15N3O2. The summed E-state index contributed by atoms with van der Waals surface area (Å²) in [5.74, 6) is 1.14. The Bertz CT molecular complexity index is 668. The fraction of sp³-hybridized carbons (Fsp3) is 0.333. The summed E-state index contributed by atoms with van der Waals surface area (Å²) in [5, 5.41) is 4.18. The summed E-state index contributed by atoms with van der Waals surface area (Å²) >= 11 is 0. The van der Waals surface area contributed by atoms with Crippen molar-refractivity contribution < 1.29 is 9.53 Å². The van der Waals surface area contributed by atoms with Crippen molar-refractivity contribution >= 4 is 11.8 Å². The van der Waals surface area contributed by atoms with Crippen LogP contribution in [0.25, 0.3) is 0 Å². The number of hydrogen-bond acceptors (Lipinski definition) is 4. The Morgan fingerprint density at radius 3 is 2.95 bits per heavy atom. The van der Waals surface area contributed by atoms with Crippen LogP contribution in [-0.4, -0.2) is 15.9 Å². The summed E-state index contributed by atoms with van der Waals surface area (Å²) < 4.78 is 7.38. The van der Waals surface area contributed by atoms with Crippen LogP contribution in [0.4, 0.5) is 5.69 Å². The lowest BCUT2D eigenvalue weighted by Crippen LogP contribution is -2.01. The van der Waals surface area contributed by atoms with Crippen molar-refractivity contribution in [3.63, 3.8) is 0 Å². The molecule has 0 spiro atoms. The van der Waals surface area contributed by atoms with Gasteiger partial charge in [-0.3, -0.25) is 4.68 Å². The molecule has 1 aromatic carbocycles. The van der Waals surface area contributed by atoms with Gasteiger partial charge in [0, 0.05) is 24.9 Å². The number of aliphatic imine (C=N–C) groups is 1. The molecule has 2 aromatic rings. The molecule has 0 aliphatic heterocycles. The Hall–Kier alpha value is -2.39. The number of nitrogens with zero attached hydrogens (tertiary/aromatic N) is 3. The van der Waals surface area contributed by atoms with Crippen LogP contribution in [0.5, 0.6) is 5.88 Å². The summed E-state index contributed by atoms with van der Waals surface area (Å²) in [6, 6.07) is 7.63. The van der Waals surface area contributed by atoms with E-state index in [9.17, 15) is 4.79 Å². The average molecular weight is 269 g/mol. The highest BCUT2D eigenvalue weighted by Crippen LogP contribution is 2.43. The van der Waals surface area contributed by atoms with Crippen molar-refractivity contribution in [2.45, 2.75) is 25.4 Å². The van der Waals surface area contributed by atoms with Crippen molar-refractivity contribution in [1.82, 2.24) is 9.78 Å². The van der Waals surface area contributed by atoms with Crippen LogP contribution in [-0.2, 0) is 18.4 Å². The van der Waals surface area contributed by atoms with Gasteiger partial charge in [-0.25, -0.2) is 4.79 Å². The molecular weight excluding hydrogens is 254 g/mol. The number of carbonyl (C=O) groups excluding carboxylic acids is 1. The van der Waals surface area contributed by atoms with E-state index in [-0.39, 0.29) is 0 Å². The third-order valence-corrected chi connectivity index (χ3v) is 3.42. The minimum Gasteiger partial charge on any atom is -0.472 e. The van der Waals surface area contributed by atoms with Crippen LogP contribution in [0.3, 0.4) is 0 Å². The molecule has 0 N–H and O–H groups in total. The monoisotopic (exact) mass is 269 g/mol. The predicted octanol–water partition coefficient (Wildman–Crippen LogP) is 2.84. The lowest BCUT2D eigenvalue weighted by atomic mass is 10.0. The van der Waals surface area contributed by atoms with E-state index in [0.29, 0.717) is 24.1 Å². The molecule has 0 saturated heterocycles. The second-order valence-corrected chi connectivity index (χ2v) is 4.94. The number of ether oxygens (including phenoxy) is 1. The molecule has 5 nitrogen and oxygen atoms in total. The van der Waals surface area contributed by atoms with Gasteiger partial charge in [-0.1, -0.05) is 12.1 Å². The lowest BCUT2D eigenvalue weighted by molar-refractivity contribution is 0.290. The predicted molar refractivity (Wildman–Crippen MR) is 73.7 cm³/mol. The van der Waals surface area contributed by atoms with Crippen LogP contribution >= 0.6 is 0 Å². The zero-order valence-corrected chi connectivity index (χ0v) is 11.2. The molecule has 3 rings (SSSR count). The second-order valence-electron chi connectivity index (χ2n) is 4.94. The van der Waals surface area contributed by atoms with Crippen molar-refractivity contribution in [3.05, 3.63) is 41.6 Å². The number of hydrogen-bond donors (Lipinski definition) is 0. The molecule has 0 atom stereocenters. The summed E-state index contributed by atoms with van der Waals surface area (Å²) in [6.07, 6.45) is 5.81. The SMILES string of the molecule is Cn1ccc(OCc2c(N=C=O)cccc2C2CC2)n1. The zero-order valence-electron chi connectivity index (χ0n) is 11.2. The highest BCUT2D eigenvalue weighted by Gasteiger charge is 2.27. The maximum atomic E-state index is 10.6. The standard InChI is InChI=1S/C15H15N3O2/c1-18-8-7-15(17-18)20-9-13-12(11-5-6-11)3-2-4-14(13)16-10-19/h2-4,7-8,11H,5-6,9H2,1H3. The molecule has 0 bridgehead atoms. The van der Waals surface area contributed by atoms with Gasteiger partial charge in [0.05, 0.1) is 5.69 Å². The third kappa shape index (κ3) is 2.63. The van der Waals surface area contributed by atoms with Gasteiger partial charge in [0.25, 0.3) is 0 Å². The molecule has 1 fully saturated rings. The quantitative estimate of drug-likeness (QED) is 0.619. The maximum absolute atomic E-state index is 10.6. The van der Waals surface area contributed by atoms with E-state index in [2.05, 4.69) is 16.2 Å². The Morgan fingerprint density at radius 2 is 2.30 bits per heavy atom. The largest absolute Gasteiger partial charge is 0.472 e. The molecule has 1 saturated carbocycles. The van der Waals surface area contributed by atoms with E-state index in [4.69, 9.17) is 4.74 Å². The number of benzene rings is 1. The van der Waals surface area contributed by atoms with Crippen LogP contribution in [0.1, 0.15) is 29.9 Å². The maximum Gasteiger partial charge on any atom is 0.240 e. The van der Waals surface area contributed by atoms with Crippen LogP contribution in [0, 0.1) is 0 Å². The van der Waals surface area contributed by atoms with Gasteiger partial charge in [-0.05, 0) is 30.4 Å². The summed E-state index contributed by atoms with van der Waals surface area (Å²) in [7, 11) is 1.84. The van der Waals surface area contributed by atoms with Crippen molar-refractivity contribution in [1.29, 1.82) is 0 Å². The Balaban J connectivity index is 1.87. The third-order valence-electron chi connectivity index (χ3n) is 3.42. The van der Waals surface area contributed by atoms with Crippen molar-refractivity contribution in [3.8, 4) is 5.88 Å². The van der Waals surface area contributed by atoms with Crippen molar-refractivity contribution in [2.24, 2.45) is 12.0 Å². The van der Waals surface area contributed by atoms with E-state index in [1.807, 2.05) is 31.4 Å². The van der Waals surface area contributed by atoms with E-state index in [1.165, 1.54) is 18.4 Å². The molecule has 102 valence electrons. The second kappa shape index (κ2) is 5.31. The first-order valence-electron chi connectivity index (χ1n) is 6.60. The molecule has 1 heterocycles. The lowest BCUT2D eigenvalue weighted by Gasteiger charge is -2.11. The number of rotatable bonds is 5. The first-order chi connectivity index (χ1) is 9.78. The minimum atomic E-state index is 0.365. The number of aromatic nitrogens is 2. The molecule has 1 aromatic heterocycles. The molecule has 0 unspecified atom stereocenters. The van der Waals surface area contributed by atoms with Gasteiger partial charge >= 0.3 is 0 Å².